The zero-order valence-corrected chi connectivity index (χ0v) is 19.1. The summed E-state index contributed by atoms with van der Waals surface area (Å²) in [5.74, 6) is -1.01. The van der Waals surface area contributed by atoms with Crippen LogP contribution in [0.3, 0.4) is 0 Å². The molecule has 0 radical (unpaired) electrons. The van der Waals surface area contributed by atoms with Crippen LogP contribution < -0.4 is 20.1 Å². The highest BCUT2D eigenvalue weighted by Gasteiger charge is 2.40. The summed E-state index contributed by atoms with van der Waals surface area (Å²) in [7, 11) is 1.51. The highest BCUT2D eigenvalue weighted by Crippen LogP contribution is 2.26. The van der Waals surface area contributed by atoms with E-state index in [4.69, 9.17) is 9.47 Å². The zero-order chi connectivity index (χ0) is 24.9. The highest BCUT2D eigenvalue weighted by atomic mass is 16.5. The first-order valence-electron chi connectivity index (χ1n) is 10.8. The van der Waals surface area contributed by atoms with Gasteiger partial charge >= 0.3 is 0 Å². The molecule has 1 aliphatic rings. The first-order valence-corrected chi connectivity index (χ1v) is 10.8. The summed E-state index contributed by atoms with van der Waals surface area (Å²) in [4.78, 5) is 51.4. The summed E-state index contributed by atoms with van der Waals surface area (Å²) >= 11 is 0. The van der Waals surface area contributed by atoms with E-state index in [0.29, 0.717) is 22.9 Å². The quantitative estimate of drug-likeness (QED) is 0.485. The average Bonchev–Trinajstić information content (AvgIpc) is 3.12. The molecule has 178 valence electrons. The average molecular weight is 473 g/mol. The van der Waals surface area contributed by atoms with Crippen LogP contribution in [0.4, 0.5) is 11.4 Å². The first-order chi connectivity index (χ1) is 16.9. The molecule has 2 N–H and O–H groups in total. The van der Waals surface area contributed by atoms with Crippen LogP contribution in [0.2, 0.25) is 0 Å². The number of carbonyl (C=O) groups excluding carboxylic acids is 4. The van der Waals surface area contributed by atoms with Crippen LogP contribution in [0.15, 0.2) is 72.8 Å². The van der Waals surface area contributed by atoms with E-state index in [0.717, 1.165) is 4.90 Å². The largest absolute Gasteiger partial charge is 0.493 e. The molecule has 4 amide bonds. The summed E-state index contributed by atoms with van der Waals surface area (Å²) in [6.07, 6.45) is 0. The minimum absolute atomic E-state index is 0.242. The van der Waals surface area contributed by atoms with Crippen molar-refractivity contribution in [2.24, 2.45) is 0 Å². The van der Waals surface area contributed by atoms with Crippen LogP contribution in [0, 0.1) is 0 Å². The Hall–Kier alpha value is -4.66. The Balaban J connectivity index is 1.36. The van der Waals surface area contributed by atoms with Crippen LogP contribution >= 0.6 is 0 Å². The van der Waals surface area contributed by atoms with E-state index in [2.05, 4.69) is 10.6 Å². The fraction of sp³-hybridized carbons (Fsp3) is 0.154. The molecule has 35 heavy (non-hydrogen) atoms. The second kappa shape index (κ2) is 10.1. The van der Waals surface area contributed by atoms with Crippen molar-refractivity contribution in [1.82, 2.24) is 4.90 Å². The second-order valence-corrected chi connectivity index (χ2v) is 7.76. The van der Waals surface area contributed by atoms with Crippen molar-refractivity contribution in [3.63, 3.8) is 0 Å². The monoisotopic (exact) mass is 473 g/mol. The summed E-state index contributed by atoms with van der Waals surface area (Å²) in [6.45, 7) is 1.24. The van der Waals surface area contributed by atoms with Gasteiger partial charge in [0.2, 0.25) is 5.91 Å². The number of anilines is 2. The maximum Gasteiger partial charge on any atom is 0.262 e. The molecule has 0 aliphatic carbocycles. The number of carbonyl (C=O) groups is 4. The number of rotatable bonds is 8. The molecular weight excluding hydrogens is 450 g/mol. The van der Waals surface area contributed by atoms with Crippen molar-refractivity contribution in [2.75, 3.05) is 24.4 Å². The van der Waals surface area contributed by atoms with E-state index in [1.807, 2.05) is 0 Å². The standard InChI is InChI=1S/C26H23N3O6/c1-16(29-25(32)19-10-3-4-11-20(19)26(29)33)24(31)28-18-9-7-8-17(14-18)27-23(30)15-35-22-13-6-5-12-21(22)34-2/h3-14,16H,15H2,1-2H3,(H,27,30)(H,28,31). The molecule has 0 fully saturated rings. The number of fused-ring (bicyclic) bond motifs is 1. The van der Waals surface area contributed by atoms with Gasteiger partial charge in [-0.25, -0.2) is 0 Å². The lowest BCUT2D eigenvalue weighted by atomic mass is 10.1. The summed E-state index contributed by atoms with van der Waals surface area (Å²) < 4.78 is 10.7. The van der Waals surface area contributed by atoms with Gasteiger partial charge in [-0.05, 0) is 49.4 Å². The molecule has 9 heteroatoms. The van der Waals surface area contributed by atoms with Gasteiger partial charge in [0.05, 0.1) is 18.2 Å². The van der Waals surface area contributed by atoms with Gasteiger partial charge in [0.15, 0.2) is 18.1 Å². The fourth-order valence-corrected chi connectivity index (χ4v) is 3.68. The zero-order valence-electron chi connectivity index (χ0n) is 19.1. The Labute approximate surface area is 201 Å². The fourth-order valence-electron chi connectivity index (χ4n) is 3.68. The number of para-hydroxylation sites is 2. The number of hydrogen-bond acceptors (Lipinski definition) is 6. The summed E-state index contributed by atoms with van der Waals surface area (Å²) in [5, 5.41) is 5.39. The number of hydrogen-bond donors (Lipinski definition) is 2. The Morgan fingerprint density at radius 1 is 0.829 bits per heavy atom. The molecular formula is C26H23N3O6. The molecule has 1 atom stereocenters. The van der Waals surface area contributed by atoms with Crippen molar-refractivity contribution < 1.29 is 28.7 Å². The SMILES string of the molecule is COc1ccccc1OCC(=O)Nc1cccc(NC(=O)C(C)N2C(=O)c3ccccc3C2=O)c1. The normalized spacial score (nSPS) is 13.1. The van der Waals surface area contributed by atoms with E-state index in [-0.39, 0.29) is 17.7 Å². The molecule has 0 aromatic heterocycles. The molecule has 0 bridgehead atoms. The van der Waals surface area contributed by atoms with Crippen LogP contribution in [0.1, 0.15) is 27.6 Å². The van der Waals surface area contributed by atoms with Crippen molar-refractivity contribution in [3.05, 3.63) is 83.9 Å². The Morgan fingerprint density at radius 3 is 2.03 bits per heavy atom. The lowest BCUT2D eigenvalue weighted by molar-refractivity contribution is -0.119. The number of methoxy groups -OCH3 is 1. The topological polar surface area (TPSA) is 114 Å². The molecule has 0 saturated heterocycles. The lowest BCUT2D eigenvalue weighted by Crippen LogP contribution is -2.45. The second-order valence-electron chi connectivity index (χ2n) is 7.76. The molecule has 0 saturated carbocycles. The van der Waals surface area contributed by atoms with Gasteiger partial charge in [-0.1, -0.05) is 30.3 Å². The van der Waals surface area contributed by atoms with E-state index in [1.165, 1.54) is 14.0 Å². The van der Waals surface area contributed by atoms with Gasteiger partial charge in [0, 0.05) is 11.4 Å². The third-order valence-corrected chi connectivity index (χ3v) is 5.43. The molecule has 3 aromatic rings. The maximum absolute atomic E-state index is 12.8. The lowest BCUT2D eigenvalue weighted by Gasteiger charge is -2.21. The molecule has 1 aliphatic heterocycles. The number of imide groups is 1. The number of benzene rings is 3. The molecule has 4 rings (SSSR count). The van der Waals surface area contributed by atoms with E-state index in [9.17, 15) is 19.2 Å². The van der Waals surface area contributed by atoms with Crippen LogP contribution in [0.5, 0.6) is 11.5 Å². The Morgan fingerprint density at radius 2 is 1.40 bits per heavy atom. The van der Waals surface area contributed by atoms with E-state index >= 15 is 0 Å². The van der Waals surface area contributed by atoms with Crippen LogP contribution in [0.25, 0.3) is 0 Å². The predicted octanol–water partition coefficient (Wildman–Crippen LogP) is 3.34. The number of nitrogens with one attached hydrogen (secondary N) is 2. The van der Waals surface area contributed by atoms with E-state index < -0.39 is 29.7 Å². The third-order valence-electron chi connectivity index (χ3n) is 5.43. The van der Waals surface area contributed by atoms with Crippen LogP contribution in [-0.2, 0) is 9.59 Å². The van der Waals surface area contributed by atoms with Gasteiger partial charge in [0.1, 0.15) is 6.04 Å². The van der Waals surface area contributed by atoms with Gasteiger partial charge < -0.3 is 20.1 Å². The molecule has 0 spiro atoms. The number of ether oxygens (including phenoxy) is 2. The smallest absolute Gasteiger partial charge is 0.262 e. The molecule has 3 aromatic carbocycles. The maximum atomic E-state index is 12.8. The van der Waals surface area contributed by atoms with Gasteiger partial charge in [-0.3, -0.25) is 24.1 Å². The number of nitrogens with zero attached hydrogens (tertiary/aromatic N) is 1. The molecule has 9 nitrogen and oxygen atoms in total. The Kier molecular flexibility index (Phi) is 6.77. The van der Waals surface area contributed by atoms with Crippen molar-refractivity contribution in [3.8, 4) is 11.5 Å². The minimum atomic E-state index is -1.03. The third kappa shape index (κ3) is 4.98. The van der Waals surface area contributed by atoms with E-state index in [1.54, 1.807) is 72.8 Å². The highest BCUT2D eigenvalue weighted by molar-refractivity contribution is 6.23. The van der Waals surface area contributed by atoms with Crippen molar-refractivity contribution in [1.29, 1.82) is 0 Å². The first kappa shape index (κ1) is 23.5. The Bertz CT molecular complexity index is 1270. The van der Waals surface area contributed by atoms with Crippen LogP contribution in [-0.4, -0.2) is 48.3 Å². The number of amides is 4. The molecule has 1 heterocycles. The molecule has 1 unspecified atom stereocenters. The summed E-state index contributed by atoms with van der Waals surface area (Å²) in [6, 6.07) is 18.9. The predicted molar refractivity (Wildman–Crippen MR) is 129 cm³/mol. The van der Waals surface area contributed by atoms with Crippen molar-refractivity contribution in [2.45, 2.75) is 13.0 Å². The van der Waals surface area contributed by atoms with Gasteiger partial charge in [0.25, 0.3) is 17.7 Å². The summed E-state index contributed by atoms with van der Waals surface area (Å²) in [5.41, 5.74) is 1.38. The van der Waals surface area contributed by atoms with Crippen molar-refractivity contribution >= 4 is 35.0 Å². The van der Waals surface area contributed by atoms with Gasteiger partial charge in [-0.15, -0.1) is 0 Å². The van der Waals surface area contributed by atoms with Gasteiger partial charge in [-0.2, -0.15) is 0 Å². The minimum Gasteiger partial charge on any atom is -0.493 e.